The lowest BCUT2D eigenvalue weighted by Crippen LogP contribution is -2.17. The minimum Gasteiger partial charge on any atom is -0.462 e. The maximum Gasteiger partial charge on any atom is 0.338 e. The van der Waals surface area contributed by atoms with E-state index in [1.165, 1.54) is 17.1 Å². The van der Waals surface area contributed by atoms with Crippen molar-refractivity contribution in [1.82, 2.24) is 9.55 Å². The van der Waals surface area contributed by atoms with E-state index in [4.69, 9.17) is 4.74 Å². The second-order valence-corrected chi connectivity index (χ2v) is 3.70. The Labute approximate surface area is 110 Å². The van der Waals surface area contributed by atoms with Crippen LogP contribution >= 0.6 is 0 Å². The summed E-state index contributed by atoms with van der Waals surface area (Å²) in [5, 5.41) is 2.67. The van der Waals surface area contributed by atoms with Gasteiger partial charge in [-0.1, -0.05) is 0 Å². The summed E-state index contributed by atoms with van der Waals surface area (Å²) in [7, 11) is 0. The Hall–Kier alpha value is -2.63. The number of carbonyl (C=O) groups is 2. The van der Waals surface area contributed by atoms with E-state index < -0.39 is 0 Å². The Morgan fingerprint density at radius 2 is 2.05 bits per heavy atom. The third-order valence-corrected chi connectivity index (χ3v) is 2.39. The van der Waals surface area contributed by atoms with E-state index in [0.717, 1.165) is 0 Å². The molecule has 0 saturated heterocycles. The molecule has 0 unspecified atom stereocenters. The van der Waals surface area contributed by atoms with Gasteiger partial charge in [-0.2, -0.15) is 0 Å². The fourth-order valence-corrected chi connectivity index (χ4v) is 1.47. The summed E-state index contributed by atoms with van der Waals surface area (Å²) in [5.74, 6) is -0.380. The van der Waals surface area contributed by atoms with Crippen LogP contribution in [0.15, 0.2) is 43.0 Å². The summed E-state index contributed by atoms with van der Waals surface area (Å²) in [6.07, 6.45) is 4.47. The van der Waals surface area contributed by atoms with E-state index >= 15 is 0 Å². The van der Waals surface area contributed by atoms with Gasteiger partial charge in [-0.3, -0.25) is 4.57 Å². The predicted molar refractivity (Wildman–Crippen MR) is 69.0 cm³/mol. The summed E-state index contributed by atoms with van der Waals surface area (Å²) in [5.41, 5.74) is 1.04. The number of imidazole rings is 1. The lowest BCUT2D eigenvalue weighted by Gasteiger charge is -2.06. The Morgan fingerprint density at radius 1 is 1.32 bits per heavy atom. The first-order chi connectivity index (χ1) is 9.20. The molecule has 1 amide bonds. The van der Waals surface area contributed by atoms with Gasteiger partial charge in [0, 0.05) is 18.1 Å². The van der Waals surface area contributed by atoms with Crippen LogP contribution < -0.4 is 5.32 Å². The summed E-state index contributed by atoms with van der Waals surface area (Å²) in [6, 6.07) is 6.16. The van der Waals surface area contributed by atoms with Gasteiger partial charge in [-0.15, -0.1) is 0 Å². The number of nitrogens with one attached hydrogen (secondary N) is 1. The summed E-state index contributed by atoms with van der Waals surface area (Å²) in [4.78, 5) is 26.9. The van der Waals surface area contributed by atoms with Crippen molar-refractivity contribution < 1.29 is 14.3 Å². The van der Waals surface area contributed by atoms with Gasteiger partial charge in [0.2, 0.25) is 0 Å². The zero-order chi connectivity index (χ0) is 13.7. The smallest absolute Gasteiger partial charge is 0.338 e. The number of amides is 1. The molecule has 0 aliphatic heterocycles. The molecular weight excluding hydrogens is 246 g/mol. The van der Waals surface area contributed by atoms with Crippen LogP contribution in [0.4, 0.5) is 10.5 Å². The number of rotatable bonds is 3. The van der Waals surface area contributed by atoms with Crippen molar-refractivity contribution in [3.8, 4) is 0 Å². The molecule has 0 saturated carbocycles. The maximum atomic E-state index is 11.7. The van der Waals surface area contributed by atoms with Crippen molar-refractivity contribution in [3.05, 3.63) is 48.5 Å². The number of hydrogen-bond acceptors (Lipinski definition) is 4. The summed E-state index contributed by atoms with van der Waals surface area (Å²) < 4.78 is 6.19. The molecule has 0 radical (unpaired) electrons. The summed E-state index contributed by atoms with van der Waals surface area (Å²) >= 11 is 0. The van der Waals surface area contributed by atoms with Crippen LogP contribution in [0.25, 0.3) is 0 Å². The number of hydrogen-bond donors (Lipinski definition) is 1. The molecule has 0 spiro atoms. The Kier molecular flexibility index (Phi) is 3.92. The van der Waals surface area contributed by atoms with Crippen LogP contribution in [0.3, 0.4) is 0 Å². The normalized spacial score (nSPS) is 9.95. The molecule has 6 nitrogen and oxygen atoms in total. The lowest BCUT2D eigenvalue weighted by molar-refractivity contribution is 0.0526. The number of benzene rings is 1. The van der Waals surface area contributed by atoms with Crippen molar-refractivity contribution in [2.75, 3.05) is 11.9 Å². The van der Waals surface area contributed by atoms with Crippen molar-refractivity contribution >= 4 is 17.7 Å². The van der Waals surface area contributed by atoms with E-state index in [1.54, 1.807) is 37.4 Å². The van der Waals surface area contributed by atoms with E-state index in [1.807, 2.05) is 0 Å². The third kappa shape index (κ3) is 3.19. The molecule has 1 aromatic heterocycles. The molecule has 1 heterocycles. The van der Waals surface area contributed by atoms with Crippen molar-refractivity contribution in [3.63, 3.8) is 0 Å². The van der Waals surface area contributed by atoms with E-state index in [9.17, 15) is 9.59 Å². The average molecular weight is 259 g/mol. The molecule has 1 N–H and O–H groups in total. The molecule has 0 fully saturated rings. The van der Waals surface area contributed by atoms with Gasteiger partial charge in [0.25, 0.3) is 0 Å². The van der Waals surface area contributed by atoms with Gasteiger partial charge in [0.1, 0.15) is 6.33 Å². The standard InChI is InChI=1S/C13H13N3O3/c1-2-19-12(17)10-3-5-11(6-4-10)15-13(18)16-8-7-14-9-16/h3-9H,2H2,1H3,(H,15,18). The zero-order valence-corrected chi connectivity index (χ0v) is 10.4. The van der Waals surface area contributed by atoms with Gasteiger partial charge in [0.15, 0.2) is 0 Å². The highest BCUT2D eigenvalue weighted by atomic mass is 16.5. The first-order valence-electron chi connectivity index (χ1n) is 5.77. The average Bonchev–Trinajstić information content (AvgIpc) is 2.94. The Morgan fingerprint density at radius 3 is 2.63 bits per heavy atom. The molecule has 6 heteroatoms. The fourth-order valence-electron chi connectivity index (χ4n) is 1.47. The monoisotopic (exact) mass is 259 g/mol. The fraction of sp³-hybridized carbons (Fsp3) is 0.154. The lowest BCUT2D eigenvalue weighted by atomic mass is 10.2. The highest BCUT2D eigenvalue weighted by Crippen LogP contribution is 2.11. The van der Waals surface area contributed by atoms with Crippen LogP contribution in [0.2, 0.25) is 0 Å². The predicted octanol–water partition coefficient (Wildman–Crippen LogP) is 2.14. The molecule has 2 aromatic rings. The number of esters is 1. The van der Waals surface area contributed by atoms with Crippen molar-refractivity contribution in [1.29, 1.82) is 0 Å². The number of carbonyl (C=O) groups excluding carboxylic acids is 2. The second-order valence-electron chi connectivity index (χ2n) is 3.70. The van der Waals surface area contributed by atoms with E-state index in [-0.39, 0.29) is 12.0 Å². The van der Waals surface area contributed by atoms with Gasteiger partial charge >= 0.3 is 12.0 Å². The Balaban J connectivity index is 2.03. The highest BCUT2D eigenvalue weighted by molar-refractivity contribution is 5.93. The number of nitrogens with zero attached hydrogens (tertiary/aromatic N) is 2. The highest BCUT2D eigenvalue weighted by Gasteiger charge is 2.07. The van der Waals surface area contributed by atoms with E-state index in [2.05, 4.69) is 10.3 Å². The zero-order valence-electron chi connectivity index (χ0n) is 10.4. The van der Waals surface area contributed by atoms with Gasteiger partial charge in [-0.25, -0.2) is 14.6 Å². The van der Waals surface area contributed by atoms with Crippen molar-refractivity contribution in [2.45, 2.75) is 6.92 Å². The molecule has 0 aliphatic carbocycles. The SMILES string of the molecule is CCOC(=O)c1ccc(NC(=O)n2ccnc2)cc1. The van der Waals surface area contributed by atoms with Crippen LogP contribution in [0, 0.1) is 0 Å². The first kappa shape index (κ1) is 12.8. The molecule has 2 rings (SSSR count). The van der Waals surface area contributed by atoms with Crippen molar-refractivity contribution in [2.24, 2.45) is 0 Å². The van der Waals surface area contributed by atoms with Gasteiger partial charge in [0.05, 0.1) is 12.2 Å². The number of ether oxygens (including phenoxy) is 1. The topological polar surface area (TPSA) is 73.2 Å². The minimum atomic E-state index is -0.380. The Bertz CT molecular complexity index is 561. The van der Waals surface area contributed by atoms with Gasteiger partial charge in [-0.05, 0) is 31.2 Å². The molecule has 0 bridgehead atoms. The second kappa shape index (κ2) is 5.81. The third-order valence-electron chi connectivity index (χ3n) is 2.39. The first-order valence-corrected chi connectivity index (χ1v) is 5.77. The molecule has 1 aromatic carbocycles. The largest absolute Gasteiger partial charge is 0.462 e. The maximum absolute atomic E-state index is 11.7. The van der Waals surface area contributed by atoms with Crippen LogP contribution in [0.1, 0.15) is 17.3 Å². The van der Waals surface area contributed by atoms with E-state index in [0.29, 0.717) is 17.9 Å². The van der Waals surface area contributed by atoms with Gasteiger partial charge < -0.3 is 10.1 Å². The van der Waals surface area contributed by atoms with Crippen LogP contribution in [0.5, 0.6) is 0 Å². The van der Waals surface area contributed by atoms with Crippen LogP contribution in [-0.2, 0) is 4.74 Å². The number of anilines is 1. The quantitative estimate of drug-likeness (QED) is 0.857. The molecule has 0 aliphatic rings. The summed E-state index contributed by atoms with van der Waals surface area (Å²) in [6.45, 7) is 2.08. The molecular formula is C13H13N3O3. The minimum absolute atomic E-state index is 0.318. The number of aromatic nitrogens is 2. The molecule has 19 heavy (non-hydrogen) atoms. The molecule has 98 valence electrons. The molecule has 0 atom stereocenters. The van der Waals surface area contributed by atoms with Crippen LogP contribution in [-0.4, -0.2) is 28.2 Å².